The predicted octanol–water partition coefficient (Wildman–Crippen LogP) is 3.17. The van der Waals surface area contributed by atoms with Crippen molar-refractivity contribution in [3.8, 4) is 0 Å². The second kappa shape index (κ2) is 7.13. The molecule has 0 aromatic heterocycles. The van der Waals surface area contributed by atoms with Crippen molar-refractivity contribution >= 4 is 35.1 Å². The van der Waals surface area contributed by atoms with Gasteiger partial charge in [-0.05, 0) is 42.5 Å². The number of hydrogen-bond donors (Lipinski definition) is 1. The molecule has 3 heterocycles. The standard InChI is InChI=1S/C23H22ClN3O3/c24-17-8-4-9-18-16(17)14-23(19-10-5-12-26(18)19)20(28)25-22(30)27(21(23)29)13-11-15-6-2-1-3-7-15/h1-4,6-9,19H,5,10-14H2,(H,25,28,30)/t19-,23+/m1/s1. The van der Waals surface area contributed by atoms with Crippen LogP contribution in [-0.4, -0.2) is 41.9 Å². The molecule has 154 valence electrons. The first-order valence-electron chi connectivity index (χ1n) is 10.3. The molecule has 0 unspecified atom stereocenters. The largest absolute Gasteiger partial charge is 0.367 e. The molecule has 3 aliphatic rings. The minimum atomic E-state index is -1.33. The molecule has 0 saturated carbocycles. The maximum absolute atomic E-state index is 13.8. The number of amides is 4. The molecule has 30 heavy (non-hydrogen) atoms. The number of carbonyl (C=O) groups is 3. The normalized spacial score (nSPS) is 25.4. The van der Waals surface area contributed by atoms with E-state index in [0.29, 0.717) is 11.4 Å². The van der Waals surface area contributed by atoms with Crippen molar-refractivity contribution < 1.29 is 14.4 Å². The van der Waals surface area contributed by atoms with E-state index in [1.54, 1.807) is 6.07 Å². The van der Waals surface area contributed by atoms with E-state index in [4.69, 9.17) is 11.6 Å². The van der Waals surface area contributed by atoms with Gasteiger partial charge in [0.2, 0.25) is 11.8 Å². The summed E-state index contributed by atoms with van der Waals surface area (Å²) < 4.78 is 0. The summed E-state index contributed by atoms with van der Waals surface area (Å²) in [6.07, 6.45) is 2.36. The Morgan fingerprint density at radius 2 is 1.87 bits per heavy atom. The Kier molecular flexibility index (Phi) is 4.54. The van der Waals surface area contributed by atoms with Gasteiger partial charge in [-0.15, -0.1) is 0 Å². The molecule has 1 N–H and O–H groups in total. The van der Waals surface area contributed by atoms with Gasteiger partial charge >= 0.3 is 6.03 Å². The van der Waals surface area contributed by atoms with Gasteiger partial charge in [-0.2, -0.15) is 0 Å². The second-order valence-electron chi connectivity index (χ2n) is 8.19. The summed E-state index contributed by atoms with van der Waals surface area (Å²) in [7, 11) is 0. The molecule has 6 nitrogen and oxygen atoms in total. The summed E-state index contributed by atoms with van der Waals surface area (Å²) in [6.45, 7) is 0.990. The third kappa shape index (κ3) is 2.74. The summed E-state index contributed by atoms with van der Waals surface area (Å²) >= 11 is 6.49. The molecule has 0 aliphatic carbocycles. The van der Waals surface area contributed by atoms with Gasteiger partial charge in [0.25, 0.3) is 0 Å². The van der Waals surface area contributed by atoms with Crippen molar-refractivity contribution in [1.29, 1.82) is 0 Å². The maximum atomic E-state index is 13.8. The number of barbiturate groups is 1. The average Bonchev–Trinajstić information content (AvgIpc) is 3.24. The summed E-state index contributed by atoms with van der Waals surface area (Å²) in [5.74, 6) is -0.911. The highest BCUT2D eigenvalue weighted by Crippen LogP contribution is 2.49. The van der Waals surface area contributed by atoms with Crippen LogP contribution in [0.2, 0.25) is 5.02 Å². The van der Waals surface area contributed by atoms with E-state index in [1.807, 2.05) is 42.5 Å². The molecular weight excluding hydrogens is 402 g/mol. The molecule has 2 aromatic carbocycles. The van der Waals surface area contributed by atoms with Crippen molar-refractivity contribution in [2.24, 2.45) is 5.41 Å². The minimum Gasteiger partial charge on any atom is -0.367 e. The lowest BCUT2D eigenvalue weighted by Gasteiger charge is -2.49. The number of halogens is 1. The van der Waals surface area contributed by atoms with E-state index in [-0.39, 0.29) is 19.0 Å². The molecule has 2 fully saturated rings. The number of benzene rings is 2. The zero-order valence-corrected chi connectivity index (χ0v) is 17.2. The fourth-order valence-electron chi connectivity index (χ4n) is 5.20. The highest BCUT2D eigenvalue weighted by atomic mass is 35.5. The van der Waals surface area contributed by atoms with Gasteiger partial charge in [0.15, 0.2) is 5.41 Å². The summed E-state index contributed by atoms with van der Waals surface area (Å²) in [4.78, 5) is 43.0. The number of anilines is 1. The minimum absolute atomic E-state index is 0.211. The van der Waals surface area contributed by atoms with Gasteiger partial charge in [-0.25, -0.2) is 4.79 Å². The van der Waals surface area contributed by atoms with E-state index in [1.165, 1.54) is 4.90 Å². The first kappa shape index (κ1) is 19.1. The van der Waals surface area contributed by atoms with E-state index < -0.39 is 23.3 Å². The van der Waals surface area contributed by atoms with Crippen molar-refractivity contribution in [2.75, 3.05) is 18.0 Å². The van der Waals surface area contributed by atoms with Crippen LogP contribution in [0.4, 0.5) is 10.5 Å². The Labute approximate surface area is 179 Å². The third-order valence-corrected chi connectivity index (χ3v) is 7.00. The first-order valence-corrected chi connectivity index (χ1v) is 10.7. The van der Waals surface area contributed by atoms with Gasteiger partial charge < -0.3 is 4.90 Å². The SMILES string of the molecule is O=C1NC(=O)[C@@]2(Cc3c(Cl)cccc3N3CCC[C@@H]32)C(=O)N1CCc1ccccc1. The molecule has 2 atom stereocenters. The van der Waals surface area contributed by atoms with Crippen LogP contribution >= 0.6 is 11.6 Å². The fourth-order valence-corrected chi connectivity index (χ4v) is 5.44. The van der Waals surface area contributed by atoms with Gasteiger partial charge in [-0.3, -0.25) is 19.8 Å². The number of rotatable bonds is 3. The molecule has 3 aliphatic heterocycles. The lowest BCUT2D eigenvalue weighted by atomic mass is 9.68. The van der Waals surface area contributed by atoms with Crippen LogP contribution in [0.15, 0.2) is 48.5 Å². The van der Waals surface area contributed by atoms with Crippen LogP contribution in [0.25, 0.3) is 0 Å². The topological polar surface area (TPSA) is 69.7 Å². The first-order chi connectivity index (χ1) is 14.5. The predicted molar refractivity (Wildman–Crippen MR) is 113 cm³/mol. The van der Waals surface area contributed by atoms with E-state index >= 15 is 0 Å². The second-order valence-corrected chi connectivity index (χ2v) is 8.60. The van der Waals surface area contributed by atoms with Crippen molar-refractivity contribution in [3.05, 3.63) is 64.7 Å². The zero-order valence-electron chi connectivity index (χ0n) is 16.4. The summed E-state index contributed by atoms with van der Waals surface area (Å²) in [6, 6.07) is 14.5. The van der Waals surface area contributed by atoms with E-state index in [0.717, 1.165) is 36.2 Å². The average molecular weight is 424 g/mol. The van der Waals surface area contributed by atoms with Crippen LogP contribution in [0.3, 0.4) is 0 Å². The number of fused-ring (bicyclic) bond motifs is 4. The third-order valence-electron chi connectivity index (χ3n) is 6.65. The van der Waals surface area contributed by atoms with Crippen LogP contribution in [0, 0.1) is 5.41 Å². The maximum Gasteiger partial charge on any atom is 0.330 e. The van der Waals surface area contributed by atoms with Crippen LogP contribution in [0.1, 0.15) is 24.0 Å². The lowest BCUT2D eigenvalue weighted by Crippen LogP contribution is -2.71. The molecule has 1 spiro atoms. The fraction of sp³-hybridized carbons (Fsp3) is 0.348. The van der Waals surface area contributed by atoms with Crippen LogP contribution in [-0.2, 0) is 22.4 Å². The molecule has 4 amide bonds. The van der Waals surface area contributed by atoms with Gasteiger partial charge in [0.1, 0.15) is 0 Å². The molecular formula is C23H22ClN3O3. The molecule has 5 rings (SSSR count). The van der Waals surface area contributed by atoms with Crippen molar-refractivity contribution in [3.63, 3.8) is 0 Å². The number of imide groups is 2. The van der Waals surface area contributed by atoms with Gasteiger partial charge in [0.05, 0.1) is 6.04 Å². The Bertz CT molecular complexity index is 1040. The molecule has 2 aromatic rings. The van der Waals surface area contributed by atoms with Crippen molar-refractivity contribution in [2.45, 2.75) is 31.7 Å². The number of nitrogens with zero attached hydrogens (tertiary/aromatic N) is 2. The van der Waals surface area contributed by atoms with E-state index in [2.05, 4.69) is 10.2 Å². The highest BCUT2D eigenvalue weighted by Gasteiger charge is 2.62. The smallest absolute Gasteiger partial charge is 0.330 e. The summed E-state index contributed by atoms with van der Waals surface area (Å²) in [5.41, 5.74) is 1.49. The van der Waals surface area contributed by atoms with Gasteiger partial charge in [-0.1, -0.05) is 48.0 Å². The lowest BCUT2D eigenvalue weighted by molar-refractivity contribution is -0.153. The number of carbonyl (C=O) groups excluding carboxylic acids is 3. The number of urea groups is 1. The van der Waals surface area contributed by atoms with Crippen molar-refractivity contribution in [1.82, 2.24) is 10.2 Å². The van der Waals surface area contributed by atoms with E-state index in [9.17, 15) is 14.4 Å². The Morgan fingerprint density at radius 3 is 2.67 bits per heavy atom. The number of hydrogen-bond acceptors (Lipinski definition) is 4. The Hall–Kier alpha value is -2.86. The molecule has 2 saturated heterocycles. The van der Waals surface area contributed by atoms with Crippen LogP contribution < -0.4 is 10.2 Å². The molecule has 0 bridgehead atoms. The summed E-state index contributed by atoms with van der Waals surface area (Å²) in [5, 5.41) is 3.02. The Balaban J connectivity index is 1.53. The Morgan fingerprint density at radius 1 is 1.07 bits per heavy atom. The monoisotopic (exact) mass is 423 g/mol. The number of nitrogens with one attached hydrogen (secondary N) is 1. The quantitative estimate of drug-likeness (QED) is 0.770. The molecule has 0 radical (unpaired) electrons. The van der Waals surface area contributed by atoms with Crippen LogP contribution in [0.5, 0.6) is 0 Å². The highest BCUT2D eigenvalue weighted by molar-refractivity contribution is 6.32. The molecule has 7 heteroatoms. The van der Waals surface area contributed by atoms with Gasteiger partial charge in [0, 0.05) is 30.2 Å². The zero-order chi connectivity index (χ0) is 20.9.